The van der Waals surface area contributed by atoms with Gasteiger partial charge in [-0.25, -0.2) is 9.97 Å². The molecule has 4 nitrogen and oxygen atoms in total. The molecule has 5 heteroatoms. The summed E-state index contributed by atoms with van der Waals surface area (Å²) < 4.78 is 4.77. The van der Waals surface area contributed by atoms with Gasteiger partial charge in [0.15, 0.2) is 0 Å². The highest BCUT2D eigenvalue weighted by Crippen LogP contribution is 2.38. The first-order valence-electron chi connectivity index (χ1n) is 10.9. The van der Waals surface area contributed by atoms with Crippen molar-refractivity contribution in [2.75, 3.05) is 0 Å². The third-order valence-corrected chi connectivity index (χ3v) is 7.83. The molecule has 0 atom stereocenters. The standard InChI is InChI=1S/C26H19BN4/c1-12-13(2)17-9-11-19-26-23(17)27-22-16(12)8-10-18-25(22)30(14(3)28-18)20-6-5-7-21(24(20)27)31(26)15(4)29-19/h5-11H,1-4H3. The third kappa shape index (κ3) is 1.56. The molecule has 146 valence electrons. The second-order valence-corrected chi connectivity index (χ2v) is 9.17. The maximum Gasteiger partial charge on any atom is 0.253 e. The summed E-state index contributed by atoms with van der Waals surface area (Å²) >= 11 is 0. The second-order valence-electron chi connectivity index (χ2n) is 9.17. The molecule has 2 aromatic heterocycles. The summed E-state index contributed by atoms with van der Waals surface area (Å²) in [6, 6.07) is 15.7. The molecule has 0 aliphatic carbocycles. The van der Waals surface area contributed by atoms with Crippen LogP contribution in [0, 0.1) is 13.8 Å². The van der Waals surface area contributed by atoms with Crippen LogP contribution < -0.4 is 16.4 Å². The van der Waals surface area contributed by atoms with Gasteiger partial charge in [0.25, 0.3) is 6.71 Å². The molecule has 5 heterocycles. The molecule has 3 aliphatic rings. The van der Waals surface area contributed by atoms with Crippen molar-refractivity contribution in [2.45, 2.75) is 27.7 Å². The summed E-state index contributed by atoms with van der Waals surface area (Å²) in [6.07, 6.45) is 0. The van der Waals surface area contributed by atoms with E-state index in [0.717, 1.165) is 22.7 Å². The fourth-order valence-electron chi connectivity index (χ4n) is 6.51. The number of nitrogens with zero attached hydrogens (tertiary/aromatic N) is 4. The molecule has 0 amide bonds. The number of rotatable bonds is 0. The number of benzene rings is 3. The number of hydrogen-bond acceptors (Lipinski definition) is 2. The highest BCUT2D eigenvalue weighted by molar-refractivity contribution is 7.01. The molecule has 0 fully saturated rings. The lowest BCUT2D eigenvalue weighted by atomic mass is 9.33. The monoisotopic (exact) mass is 398 g/mol. The Balaban J connectivity index is 1.76. The van der Waals surface area contributed by atoms with Crippen molar-refractivity contribution in [2.24, 2.45) is 0 Å². The van der Waals surface area contributed by atoms with Gasteiger partial charge in [-0.3, -0.25) is 9.13 Å². The maximum atomic E-state index is 4.97. The van der Waals surface area contributed by atoms with Gasteiger partial charge in [0.05, 0.1) is 22.1 Å². The van der Waals surface area contributed by atoms with Gasteiger partial charge >= 0.3 is 0 Å². The smallest absolute Gasteiger partial charge is 0.253 e. The van der Waals surface area contributed by atoms with Crippen LogP contribution in [0.2, 0.25) is 0 Å². The van der Waals surface area contributed by atoms with Gasteiger partial charge in [0.2, 0.25) is 0 Å². The van der Waals surface area contributed by atoms with Crippen LogP contribution in [0.4, 0.5) is 0 Å². The van der Waals surface area contributed by atoms with Crippen molar-refractivity contribution in [1.29, 1.82) is 0 Å². The van der Waals surface area contributed by atoms with Crippen molar-refractivity contribution in [3.8, 4) is 11.4 Å². The average Bonchev–Trinajstić information content (AvgIpc) is 3.26. The molecular formula is C26H19BN4. The Morgan fingerprint density at radius 1 is 0.613 bits per heavy atom. The second kappa shape index (κ2) is 4.83. The topological polar surface area (TPSA) is 35.6 Å². The van der Waals surface area contributed by atoms with Crippen molar-refractivity contribution in [3.63, 3.8) is 0 Å². The normalized spacial score (nSPS) is 14.9. The van der Waals surface area contributed by atoms with Crippen LogP contribution in [0.1, 0.15) is 36.6 Å². The molecule has 0 saturated carbocycles. The Kier molecular flexibility index (Phi) is 2.51. The first kappa shape index (κ1) is 16.1. The van der Waals surface area contributed by atoms with E-state index in [1.807, 2.05) is 0 Å². The maximum absolute atomic E-state index is 4.97. The van der Waals surface area contributed by atoms with E-state index in [1.54, 1.807) is 0 Å². The predicted octanol–water partition coefficient (Wildman–Crippen LogP) is 3.39. The SMILES string of the molecule is CC1=C(C)c2ccc3nc(C)n4c3c2B2c3c(cccc3-4)-n3c(C)nc4ccc1c2c43. The van der Waals surface area contributed by atoms with E-state index in [9.17, 15) is 0 Å². The van der Waals surface area contributed by atoms with Gasteiger partial charge in [0, 0.05) is 11.4 Å². The number of aryl methyl sites for hydroxylation is 2. The zero-order valence-electron chi connectivity index (χ0n) is 17.9. The third-order valence-electron chi connectivity index (χ3n) is 7.83. The zero-order chi connectivity index (χ0) is 20.8. The molecule has 0 radical (unpaired) electrons. The Morgan fingerprint density at radius 3 is 1.58 bits per heavy atom. The summed E-state index contributed by atoms with van der Waals surface area (Å²) in [6.45, 7) is 9.00. The van der Waals surface area contributed by atoms with Gasteiger partial charge in [-0.05, 0) is 90.6 Å². The molecule has 0 N–H and O–H groups in total. The van der Waals surface area contributed by atoms with Crippen LogP contribution in [0.15, 0.2) is 42.5 Å². The average molecular weight is 398 g/mol. The van der Waals surface area contributed by atoms with E-state index < -0.39 is 0 Å². The fourth-order valence-corrected chi connectivity index (χ4v) is 6.51. The largest absolute Gasteiger partial charge is 0.297 e. The summed E-state index contributed by atoms with van der Waals surface area (Å²) in [7, 11) is 0. The molecule has 0 spiro atoms. The molecule has 8 rings (SSSR count). The van der Waals surface area contributed by atoms with E-state index in [1.165, 1.54) is 61.1 Å². The van der Waals surface area contributed by atoms with Gasteiger partial charge in [-0.2, -0.15) is 0 Å². The van der Waals surface area contributed by atoms with Gasteiger partial charge in [-0.15, -0.1) is 0 Å². The van der Waals surface area contributed by atoms with Crippen LogP contribution in [0.5, 0.6) is 0 Å². The molecule has 0 bridgehead atoms. The Morgan fingerprint density at radius 2 is 1.10 bits per heavy atom. The Labute approximate surface area is 179 Å². The van der Waals surface area contributed by atoms with Gasteiger partial charge in [0.1, 0.15) is 11.6 Å². The fraction of sp³-hybridized carbons (Fsp3) is 0.154. The highest BCUT2D eigenvalue weighted by Gasteiger charge is 2.44. The van der Waals surface area contributed by atoms with Crippen LogP contribution in [-0.4, -0.2) is 25.8 Å². The van der Waals surface area contributed by atoms with E-state index in [2.05, 4.69) is 79.3 Å². The molecule has 31 heavy (non-hydrogen) atoms. The van der Waals surface area contributed by atoms with Gasteiger partial charge in [-0.1, -0.05) is 18.2 Å². The van der Waals surface area contributed by atoms with Crippen LogP contribution in [-0.2, 0) is 0 Å². The van der Waals surface area contributed by atoms with Crippen molar-refractivity contribution >= 4 is 56.3 Å². The zero-order valence-corrected chi connectivity index (χ0v) is 17.9. The summed E-state index contributed by atoms with van der Waals surface area (Å²) in [4.78, 5) is 9.94. The Bertz CT molecular complexity index is 1610. The first-order valence-corrected chi connectivity index (χ1v) is 10.9. The van der Waals surface area contributed by atoms with Crippen molar-refractivity contribution in [3.05, 3.63) is 65.2 Å². The quantitative estimate of drug-likeness (QED) is 0.367. The molecule has 3 aromatic carbocycles. The molecule has 0 saturated heterocycles. The number of allylic oxidation sites excluding steroid dienone is 2. The summed E-state index contributed by atoms with van der Waals surface area (Å²) in [5.74, 6) is 2.09. The lowest BCUT2D eigenvalue weighted by Gasteiger charge is -2.34. The number of hydrogen-bond donors (Lipinski definition) is 0. The molecular weight excluding hydrogens is 379 g/mol. The number of imidazole rings is 2. The van der Waals surface area contributed by atoms with Crippen LogP contribution >= 0.6 is 0 Å². The Hall–Kier alpha value is -3.60. The lowest BCUT2D eigenvalue weighted by molar-refractivity contribution is 0.981. The minimum Gasteiger partial charge on any atom is -0.297 e. The predicted molar refractivity (Wildman–Crippen MR) is 128 cm³/mol. The summed E-state index contributed by atoms with van der Waals surface area (Å²) in [5.41, 5.74) is 16.8. The van der Waals surface area contributed by atoms with Crippen molar-refractivity contribution in [1.82, 2.24) is 19.1 Å². The number of aromatic nitrogens is 4. The number of fused-ring (bicyclic) bond motifs is 2. The minimum atomic E-state index is 0.197. The molecule has 0 unspecified atom stereocenters. The van der Waals surface area contributed by atoms with Crippen LogP contribution in [0.3, 0.4) is 0 Å². The highest BCUT2D eigenvalue weighted by atomic mass is 15.1. The van der Waals surface area contributed by atoms with E-state index in [-0.39, 0.29) is 6.71 Å². The van der Waals surface area contributed by atoms with E-state index >= 15 is 0 Å². The lowest BCUT2D eigenvalue weighted by Crippen LogP contribution is -2.60. The van der Waals surface area contributed by atoms with E-state index in [0.29, 0.717) is 0 Å². The van der Waals surface area contributed by atoms with Crippen LogP contribution in [0.25, 0.3) is 44.6 Å². The molecule has 5 aromatic rings. The minimum absolute atomic E-state index is 0.197. The van der Waals surface area contributed by atoms with E-state index in [4.69, 9.17) is 9.97 Å². The summed E-state index contributed by atoms with van der Waals surface area (Å²) in [5, 5.41) is 0. The van der Waals surface area contributed by atoms with Crippen molar-refractivity contribution < 1.29 is 0 Å². The first-order chi connectivity index (χ1) is 15.1. The molecule has 3 aliphatic heterocycles. The van der Waals surface area contributed by atoms with Gasteiger partial charge < -0.3 is 0 Å².